The zero-order valence-corrected chi connectivity index (χ0v) is 12.5. The van der Waals surface area contributed by atoms with Crippen molar-refractivity contribution >= 4 is 29.9 Å². The maximum atomic E-state index is 12.0. The summed E-state index contributed by atoms with van der Waals surface area (Å²) in [6.07, 6.45) is 0. The molecule has 0 fully saturated rings. The lowest BCUT2D eigenvalue weighted by Gasteiger charge is -2.27. The minimum Gasteiger partial charge on any atom is -0.339 e. The summed E-state index contributed by atoms with van der Waals surface area (Å²) in [6.45, 7) is 4.20. The van der Waals surface area contributed by atoms with E-state index < -0.39 is 0 Å². The zero-order chi connectivity index (χ0) is 13.0. The van der Waals surface area contributed by atoms with Crippen molar-refractivity contribution < 1.29 is 4.79 Å². The molecular formula is C13H20Cl2N2O. The smallest absolute Gasteiger partial charge is 0.226 e. The van der Waals surface area contributed by atoms with Gasteiger partial charge in [-0.25, -0.2) is 0 Å². The second-order valence-electron chi connectivity index (χ2n) is 4.31. The lowest BCUT2D eigenvalue weighted by Crippen LogP contribution is -2.36. The highest BCUT2D eigenvalue weighted by Gasteiger charge is 2.21. The van der Waals surface area contributed by atoms with Crippen LogP contribution in [0.15, 0.2) is 24.3 Å². The van der Waals surface area contributed by atoms with Gasteiger partial charge in [0.15, 0.2) is 0 Å². The Hall–Kier alpha value is -0.770. The first-order valence-corrected chi connectivity index (χ1v) is 6.07. The van der Waals surface area contributed by atoms with Crippen molar-refractivity contribution in [1.82, 2.24) is 4.90 Å². The summed E-state index contributed by atoms with van der Waals surface area (Å²) in [4.78, 5) is 13.7. The van der Waals surface area contributed by atoms with Gasteiger partial charge in [-0.3, -0.25) is 4.79 Å². The molecule has 0 bridgehead atoms. The number of nitrogens with two attached hydrogens (primary N) is 1. The molecule has 0 saturated carbocycles. The summed E-state index contributed by atoms with van der Waals surface area (Å²) in [7, 11) is 1.80. The fourth-order valence-electron chi connectivity index (χ4n) is 1.60. The van der Waals surface area contributed by atoms with Gasteiger partial charge in [0, 0.05) is 24.5 Å². The molecule has 0 radical (unpaired) electrons. The van der Waals surface area contributed by atoms with E-state index in [9.17, 15) is 4.79 Å². The van der Waals surface area contributed by atoms with Crippen molar-refractivity contribution in [1.29, 1.82) is 0 Å². The predicted molar refractivity (Wildman–Crippen MR) is 78.1 cm³/mol. The van der Waals surface area contributed by atoms with Gasteiger partial charge in [0.05, 0.1) is 6.04 Å². The first kappa shape index (κ1) is 17.2. The number of rotatable bonds is 4. The van der Waals surface area contributed by atoms with Crippen molar-refractivity contribution in [3.8, 4) is 0 Å². The molecule has 0 saturated heterocycles. The molecule has 1 aromatic carbocycles. The van der Waals surface area contributed by atoms with Gasteiger partial charge in [0.1, 0.15) is 0 Å². The van der Waals surface area contributed by atoms with Crippen molar-refractivity contribution in [2.45, 2.75) is 19.9 Å². The lowest BCUT2D eigenvalue weighted by atomic mass is 10.1. The molecule has 2 N–H and O–H groups in total. The quantitative estimate of drug-likeness (QED) is 0.927. The van der Waals surface area contributed by atoms with Crippen LogP contribution in [0.2, 0.25) is 5.02 Å². The number of amides is 1. The fourth-order valence-corrected chi connectivity index (χ4v) is 1.73. The third-order valence-corrected chi connectivity index (χ3v) is 3.31. The number of benzene rings is 1. The highest BCUT2D eigenvalue weighted by atomic mass is 35.5. The summed E-state index contributed by atoms with van der Waals surface area (Å²) >= 11 is 5.83. The van der Waals surface area contributed by atoms with E-state index in [2.05, 4.69) is 0 Å². The number of hydrogen-bond acceptors (Lipinski definition) is 2. The summed E-state index contributed by atoms with van der Waals surface area (Å²) in [5, 5.41) is 0.699. The molecule has 0 aromatic heterocycles. The Labute approximate surface area is 120 Å². The second kappa shape index (κ2) is 7.62. The van der Waals surface area contributed by atoms with Crippen molar-refractivity contribution in [2.75, 3.05) is 13.6 Å². The topological polar surface area (TPSA) is 46.3 Å². The van der Waals surface area contributed by atoms with Gasteiger partial charge in [0.2, 0.25) is 5.91 Å². The molecule has 18 heavy (non-hydrogen) atoms. The number of hydrogen-bond donors (Lipinski definition) is 1. The minimum absolute atomic E-state index is 0. The Morgan fingerprint density at radius 1 is 1.33 bits per heavy atom. The van der Waals surface area contributed by atoms with Crippen LogP contribution in [0.1, 0.15) is 25.5 Å². The van der Waals surface area contributed by atoms with Crippen molar-refractivity contribution in [3.05, 3.63) is 34.9 Å². The minimum atomic E-state index is -0.144. The highest BCUT2D eigenvalue weighted by Crippen LogP contribution is 2.21. The van der Waals surface area contributed by atoms with E-state index in [-0.39, 0.29) is 30.3 Å². The molecule has 5 heteroatoms. The second-order valence-corrected chi connectivity index (χ2v) is 4.75. The van der Waals surface area contributed by atoms with Crippen molar-refractivity contribution in [3.63, 3.8) is 0 Å². The van der Waals surface area contributed by atoms with Gasteiger partial charge in [-0.1, -0.05) is 30.7 Å². The Balaban J connectivity index is 0.00000289. The molecule has 3 nitrogen and oxygen atoms in total. The maximum Gasteiger partial charge on any atom is 0.226 e. The van der Waals surface area contributed by atoms with E-state index in [1.165, 1.54) is 0 Å². The summed E-state index contributed by atoms with van der Waals surface area (Å²) in [5.41, 5.74) is 6.57. The van der Waals surface area contributed by atoms with Gasteiger partial charge in [0.25, 0.3) is 0 Å². The summed E-state index contributed by atoms with van der Waals surface area (Å²) in [5.74, 6) is -0.0790. The standard InChI is InChI=1S/C13H19ClN2O.ClH/c1-9(8-15)13(17)16(3)10(2)11-4-6-12(14)7-5-11;/h4-7,9-10H,8,15H2,1-3H3;1H. The number of nitrogens with zero attached hydrogens (tertiary/aromatic N) is 1. The molecule has 1 rings (SSSR count). The van der Waals surface area contributed by atoms with Crippen molar-refractivity contribution in [2.24, 2.45) is 11.7 Å². The molecule has 2 unspecified atom stereocenters. The highest BCUT2D eigenvalue weighted by molar-refractivity contribution is 6.30. The monoisotopic (exact) mass is 290 g/mol. The van der Waals surface area contributed by atoms with E-state index in [1.54, 1.807) is 11.9 Å². The first-order chi connectivity index (χ1) is 7.97. The van der Waals surface area contributed by atoms with Crippen LogP contribution < -0.4 is 5.73 Å². The molecular weight excluding hydrogens is 271 g/mol. The molecule has 2 atom stereocenters. The molecule has 102 valence electrons. The van der Waals surface area contributed by atoms with Crippen LogP contribution in [0, 0.1) is 5.92 Å². The van der Waals surface area contributed by atoms with E-state index >= 15 is 0 Å². The predicted octanol–water partition coefficient (Wildman–Crippen LogP) is 2.88. The summed E-state index contributed by atoms with van der Waals surface area (Å²) in [6, 6.07) is 7.55. The number of carbonyl (C=O) groups excluding carboxylic acids is 1. The van der Waals surface area contributed by atoms with Gasteiger partial charge >= 0.3 is 0 Å². The molecule has 1 aromatic rings. The third-order valence-electron chi connectivity index (χ3n) is 3.06. The zero-order valence-electron chi connectivity index (χ0n) is 10.9. The largest absolute Gasteiger partial charge is 0.339 e. The first-order valence-electron chi connectivity index (χ1n) is 5.69. The van der Waals surface area contributed by atoms with E-state index in [0.29, 0.717) is 11.6 Å². The molecule has 0 aliphatic heterocycles. The van der Waals surface area contributed by atoms with Crippen LogP contribution in [0.5, 0.6) is 0 Å². The van der Waals surface area contributed by atoms with Gasteiger partial charge in [-0.2, -0.15) is 0 Å². The Kier molecular flexibility index (Phi) is 7.29. The fraction of sp³-hybridized carbons (Fsp3) is 0.462. The Bertz CT molecular complexity index is 381. The molecule has 1 amide bonds. The third kappa shape index (κ3) is 4.16. The van der Waals surface area contributed by atoms with E-state index in [1.807, 2.05) is 38.1 Å². The number of halogens is 2. The average Bonchev–Trinajstić information content (AvgIpc) is 2.36. The van der Waals surface area contributed by atoms with Crippen LogP contribution >= 0.6 is 24.0 Å². The molecule has 0 aliphatic rings. The van der Waals surface area contributed by atoms with Gasteiger partial charge < -0.3 is 10.6 Å². The van der Waals surface area contributed by atoms with Crippen LogP contribution in [-0.2, 0) is 4.79 Å². The summed E-state index contributed by atoms with van der Waals surface area (Å²) < 4.78 is 0. The molecule has 0 aliphatic carbocycles. The Morgan fingerprint density at radius 3 is 2.28 bits per heavy atom. The van der Waals surface area contributed by atoms with Crippen LogP contribution in [0.4, 0.5) is 0 Å². The van der Waals surface area contributed by atoms with Crippen LogP contribution in [-0.4, -0.2) is 24.4 Å². The van der Waals surface area contributed by atoms with Gasteiger partial charge in [-0.15, -0.1) is 12.4 Å². The van der Waals surface area contributed by atoms with Gasteiger partial charge in [-0.05, 0) is 24.6 Å². The maximum absolute atomic E-state index is 12.0. The number of carbonyl (C=O) groups is 1. The lowest BCUT2D eigenvalue weighted by molar-refractivity contribution is -0.135. The van der Waals surface area contributed by atoms with Crippen LogP contribution in [0.25, 0.3) is 0 Å². The van der Waals surface area contributed by atoms with E-state index in [4.69, 9.17) is 17.3 Å². The SMILES string of the molecule is CC(CN)C(=O)N(C)C(C)c1ccc(Cl)cc1.Cl. The van der Waals surface area contributed by atoms with E-state index in [0.717, 1.165) is 5.56 Å². The average molecular weight is 291 g/mol. The van der Waals surface area contributed by atoms with Crippen LogP contribution in [0.3, 0.4) is 0 Å². The molecule has 0 spiro atoms. The molecule has 0 heterocycles. The normalized spacial score (nSPS) is 13.4. The Morgan fingerprint density at radius 2 is 1.83 bits per heavy atom.